The van der Waals surface area contributed by atoms with E-state index in [-0.39, 0.29) is 18.4 Å². The predicted octanol–water partition coefficient (Wildman–Crippen LogP) is 5.87. The normalized spacial score (nSPS) is 11.7. The number of benzene rings is 2. The predicted molar refractivity (Wildman–Crippen MR) is 98.1 cm³/mol. The van der Waals surface area contributed by atoms with Crippen molar-refractivity contribution in [2.24, 2.45) is 0 Å². The van der Waals surface area contributed by atoms with Crippen molar-refractivity contribution in [1.29, 1.82) is 0 Å². The molecule has 0 radical (unpaired) electrons. The third-order valence-corrected chi connectivity index (χ3v) is 3.89. The molecule has 0 amide bonds. The maximum atomic E-state index is 6.02. The van der Waals surface area contributed by atoms with Crippen LogP contribution in [0, 0.1) is 0 Å². The van der Waals surface area contributed by atoms with Crippen LogP contribution in [0.5, 0.6) is 0 Å². The van der Waals surface area contributed by atoms with E-state index in [9.17, 15) is 0 Å². The quantitative estimate of drug-likeness (QED) is 0.623. The van der Waals surface area contributed by atoms with Gasteiger partial charge in [-0.1, -0.05) is 54.1 Å². The first-order valence-corrected chi connectivity index (χ1v) is 7.73. The molecule has 0 aliphatic heterocycles. The second-order valence-electron chi connectivity index (χ2n) is 5.29. The molecular weight excluding hydrogens is 329 g/mol. The molecule has 0 saturated carbocycles. The lowest BCUT2D eigenvalue weighted by Gasteiger charge is -2.12. The molecule has 1 N–H and O–H groups in total. The molecule has 1 atom stereocenters. The van der Waals surface area contributed by atoms with Gasteiger partial charge >= 0.3 is 0 Å². The van der Waals surface area contributed by atoms with E-state index in [1.807, 2.05) is 42.5 Å². The van der Waals surface area contributed by atoms with Crippen LogP contribution < -0.4 is 5.32 Å². The van der Waals surface area contributed by atoms with Crippen LogP contribution in [-0.4, -0.2) is 0 Å². The second kappa shape index (κ2) is 8.21. The van der Waals surface area contributed by atoms with Crippen LogP contribution in [0.3, 0.4) is 0 Å². The Morgan fingerprint density at radius 3 is 2.52 bits per heavy atom. The number of halogens is 2. The monoisotopic (exact) mass is 347 g/mol. The standard InChI is InChI=1S/C19H18ClNO.ClH/c1-14(15-6-3-2-4-7-15)21-13-18-10-11-19(22-18)16-8-5-9-17(20)12-16;/h2-12,14,21H,13H2,1H3;1H. The fraction of sp³-hybridized carbons (Fsp3) is 0.158. The van der Waals surface area contributed by atoms with Gasteiger partial charge in [0.15, 0.2) is 0 Å². The summed E-state index contributed by atoms with van der Waals surface area (Å²) in [5.41, 5.74) is 2.26. The van der Waals surface area contributed by atoms with Gasteiger partial charge in [0.1, 0.15) is 11.5 Å². The summed E-state index contributed by atoms with van der Waals surface area (Å²) in [5.74, 6) is 1.75. The first-order valence-electron chi connectivity index (χ1n) is 7.35. The summed E-state index contributed by atoms with van der Waals surface area (Å²) in [6.45, 7) is 2.84. The summed E-state index contributed by atoms with van der Waals surface area (Å²) in [6.07, 6.45) is 0. The molecule has 0 aliphatic carbocycles. The SMILES string of the molecule is CC(NCc1ccc(-c2cccc(Cl)c2)o1)c1ccccc1.Cl. The summed E-state index contributed by atoms with van der Waals surface area (Å²) >= 11 is 6.02. The largest absolute Gasteiger partial charge is 0.460 e. The molecular formula is C19H19Cl2NO. The topological polar surface area (TPSA) is 25.2 Å². The number of rotatable bonds is 5. The lowest BCUT2D eigenvalue weighted by Crippen LogP contribution is -2.17. The Morgan fingerprint density at radius 2 is 1.78 bits per heavy atom. The van der Waals surface area contributed by atoms with Gasteiger partial charge in [0.05, 0.1) is 6.54 Å². The van der Waals surface area contributed by atoms with E-state index in [0.717, 1.165) is 17.1 Å². The van der Waals surface area contributed by atoms with E-state index in [4.69, 9.17) is 16.0 Å². The smallest absolute Gasteiger partial charge is 0.134 e. The molecule has 2 nitrogen and oxygen atoms in total. The zero-order valence-corrected chi connectivity index (χ0v) is 14.4. The molecule has 23 heavy (non-hydrogen) atoms. The van der Waals surface area contributed by atoms with Crippen molar-refractivity contribution in [2.45, 2.75) is 19.5 Å². The molecule has 120 valence electrons. The fourth-order valence-corrected chi connectivity index (χ4v) is 2.57. The third kappa shape index (κ3) is 4.61. The summed E-state index contributed by atoms with van der Waals surface area (Å²) in [4.78, 5) is 0. The van der Waals surface area contributed by atoms with Crippen LogP contribution in [0.1, 0.15) is 24.3 Å². The van der Waals surface area contributed by atoms with Crippen molar-refractivity contribution in [3.63, 3.8) is 0 Å². The molecule has 2 aromatic carbocycles. The van der Waals surface area contributed by atoms with Crippen LogP contribution in [0.4, 0.5) is 0 Å². The number of hydrogen-bond acceptors (Lipinski definition) is 2. The van der Waals surface area contributed by atoms with Gasteiger partial charge in [0.2, 0.25) is 0 Å². The van der Waals surface area contributed by atoms with Crippen molar-refractivity contribution >= 4 is 24.0 Å². The molecule has 1 unspecified atom stereocenters. The minimum absolute atomic E-state index is 0. The zero-order valence-electron chi connectivity index (χ0n) is 12.8. The highest BCUT2D eigenvalue weighted by molar-refractivity contribution is 6.30. The van der Waals surface area contributed by atoms with Crippen molar-refractivity contribution in [3.8, 4) is 11.3 Å². The fourth-order valence-electron chi connectivity index (χ4n) is 2.38. The Bertz CT molecular complexity index is 740. The highest BCUT2D eigenvalue weighted by Gasteiger charge is 2.08. The highest BCUT2D eigenvalue weighted by atomic mass is 35.5. The minimum Gasteiger partial charge on any atom is -0.460 e. The summed E-state index contributed by atoms with van der Waals surface area (Å²) < 4.78 is 5.89. The lowest BCUT2D eigenvalue weighted by molar-refractivity contribution is 0.468. The molecule has 0 aliphatic rings. The molecule has 0 bridgehead atoms. The van der Waals surface area contributed by atoms with Gasteiger partial charge in [-0.15, -0.1) is 12.4 Å². The summed E-state index contributed by atoms with van der Waals surface area (Å²) in [5, 5.41) is 4.19. The molecule has 4 heteroatoms. The molecule has 3 aromatic rings. The van der Waals surface area contributed by atoms with Gasteiger partial charge in [-0.2, -0.15) is 0 Å². The summed E-state index contributed by atoms with van der Waals surface area (Å²) in [7, 11) is 0. The van der Waals surface area contributed by atoms with Crippen molar-refractivity contribution in [1.82, 2.24) is 5.32 Å². The van der Waals surface area contributed by atoms with Gasteiger partial charge in [0, 0.05) is 16.6 Å². The molecule has 3 rings (SSSR count). The minimum atomic E-state index is 0. The van der Waals surface area contributed by atoms with Crippen LogP contribution in [0.15, 0.2) is 71.1 Å². The van der Waals surface area contributed by atoms with Crippen molar-refractivity contribution in [2.75, 3.05) is 0 Å². The van der Waals surface area contributed by atoms with Crippen LogP contribution >= 0.6 is 24.0 Å². The van der Waals surface area contributed by atoms with Gasteiger partial charge in [0.25, 0.3) is 0 Å². The van der Waals surface area contributed by atoms with E-state index in [2.05, 4.69) is 36.5 Å². The Morgan fingerprint density at radius 1 is 1.00 bits per heavy atom. The highest BCUT2D eigenvalue weighted by Crippen LogP contribution is 2.25. The third-order valence-electron chi connectivity index (χ3n) is 3.65. The maximum Gasteiger partial charge on any atom is 0.134 e. The average Bonchev–Trinajstić information content (AvgIpc) is 3.02. The average molecular weight is 348 g/mol. The van der Waals surface area contributed by atoms with Crippen LogP contribution in [-0.2, 0) is 6.54 Å². The van der Waals surface area contributed by atoms with Gasteiger partial charge in [-0.25, -0.2) is 0 Å². The maximum absolute atomic E-state index is 6.02. The van der Waals surface area contributed by atoms with E-state index >= 15 is 0 Å². The number of hydrogen-bond donors (Lipinski definition) is 1. The summed E-state index contributed by atoms with van der Waals surface area (Å²) in [6, 6.07) is 22.3. The lowest BCUT2D eigenvalue weighted by atomic mass is 10.1. The number of furan rings is 1. The van der Waals surface area contributed by atoms with Gasteiger partial charge in [-0.05, 0) is 36.8 Å². The zero-order chi connectivity index (χ0) is 15.4. The van der Waals surface area contributed by atoms with Crippen LogP contribution in [0.2, 0.25) is 5.02 Å². The van der Waals surface area contributed by atoms with Crippen molar-refractivity contribution in [3.05, 3.63) is 83.1 Å². The van der Waals surface area contributed by atoms with Gasteiger partial charge < -0.3 is 9.73 Å². The first kappa shape index (κ1) is 17.6. The molecule has 0 spiro atoms. The van der Waals surface area contributed by atoms with Crippen LogP contribution in [0.25, 0.3) is 11.3 Å². The van der Waals surface area contributed by atoms with E-state index in [1.165, 1.54) is 5.56 Å². The Labute approximate surface area is 147 Å². The molecule has 1 aromatic heterocycles. The Kier molecular flexibility index (Phi) is 6.28. The molecule has 1 heterocycles. The Hall–Kier alpha value is -1.74. The second-order valence-corrected chi connectivity index (χ2v) is 5.73. The molecule has 0 fully saturated rings. The Balaban J connectivity index is 0.00000192. The number of nitrogens with one attached hydrogen (secondary N) is 1. The van der Waals surface area contributed by atoms with Gasteiger partial charge in [-0.3, -0.25) is 0 Å². The van der Waals surface area contributed by atoms with Crippen molar-refractivity contribution < 1.29 is 4.42 Å². The van der Waals surface area contributed by atoms with E-state index in [1.54, 1.807) is 0 Å². The van der Waals surface area contributed by atoms with E-state index in [0.29, 0.717) is 11.6 Å². The first-order chi connectivity index (χ1) is 10.7. The van der Waals surface area contributed by atoms with E-state index < -0.39 is 0 Å². The molecule has 0 saturated heterocycles.